The highest BCUT2D eigenvalue weighted by Crippen LogP contribution is 2.28. The van der Waals surface area contributed by atoms with Crippen LogP contribution in [0.15, 0.2) is 99.0 Å². The summed E-state index contributed by atoms with van der Waals surface area (Å²) in [4.78, 5) is 41.0. The van der Waals surface area contributed by atoms with E-state index in [0.29, 0.717) is 60.2 Å². The van der Waals surface area contributed by atoms with Crippen molar-refractivity contribution < 1.29 is 13.9 Å². The molecule has 0 spiro atoms. The molecule has 0 unspecified atom stereocenters. The molecule has 0 saturated carbocycles. The summed E-state index contributed by atoms with van der Waals surface area (Å²) < 4.78 is 29.6. The molecule has 2 saturated heterocycles. The molecule has 4 aromatic carbocycles. The van der Waals surface area contributed by atoms with E-state index in [1.54, 1.807) is 15.2 Å². The first-order valence-electron chi connectivity index (χ1n) is 19.1. The van der Waals surface area contributed by atoms with Crippen molar-refractivity contribution in [3.8, 4) is 22.9 Å². The topological polar surface area (TPSA) is 119 Å². The maximum atomic E-state index is 13.8. The Morgan fingerprint density at radius 3 is 1.82 bits per heavy atom. The van der Waals surface area contributed by atoms with Crippen molar-refractivity contribution >= 4 is 37.7 Å². The van der Waals surface area contributed by atoms with Crippen molar-refractivity contribution in [3.63, 3.8) is 0 Å². The lowest BCUT2D eigenvalue weighted by molar-refractivity contribution is 0.226. The number of para-hydroxylation sites is 3. The molecule has 292 valence electrons. The molecule has 0 bridgehead atoms. The molecule has 56 heavy (non-hydrogen) atoms. The number of nitrogens with zero attached hydrogens (tertiary/aromatic N) is 6. The summed E-state index contributed by atoms with van der Waals surface area (Å²) in [5, 5.41) is 7.56. The zero-order valence-corrected chi connectivity index (χ0v) is 33.2. The molecule has 14 heteroatoms. The van der Waals surface area contributed by atoms with Gasteiger partial charge in [0.25, 0.3) is 11.1 Å². The Balaban J connectivity index is 0.000000172. The number of halogens is 2. The van der Waals surface area contributed by atoms with Crippen molar-refractivity contribution in [1.82, 2.24) is 39.5 Å². The predicted octanol–water partition coefficient (Wildman–Crippen LogP) is 5.28. The summed E-state index contributed by atoms with van der Waals surface area (Å²) in [6.45, 7) is 13.3. The van der Waals surface area contributed by atoms with Crippen LogP contribution in [-0.2, 0) is 13.1 Å². The van der Waals surface area contributed by atoms with Crippen molar-refractivity contribution in [2.24, 2.45) is 0 Å². The number of benzene rings is 4. The number of hydrogen-bond acceptors (Lipinski definition) is 10. The van der Waals surface area contributed by atoms with Crippen LogP contribution < -0.4 is 31.2 Å². The van der Waals surface area contributed by atoms with Gasteiger partial charge in [0.2, 0.25) is 0 Å². The molecule has 0 aliphatic carbocycles. The van der Waals surface area contributed by atoms with Crippen molar-refractivity contribution in [2.75, 3.05) is 65.6 Å². The second-order valence-corrected chi connectivity index (χ2v) is 14.4. The third-order valence-electron chi connectivity index (χ3n) is 9.76. The molecular formula is C42H46BrFN8O4. The minimum atomic E-state index is -0.453. The molecule has 0 atom stereocenters. The molecule has 8 rings (SSSR count). The van der Waals surface area contributed by atoms with Crippen molar-refractivity contribution in [1.29, 1.82) is 0 Å². The molecule has 2 fully saturated rings. The number of ether oxygens (including phenoxy) is 2. The molecule has 2 aliphatic heterocycles. The third-order valence-corrected chi connectivity index (χ3v) is 10.3. The smallest absolute Gasteiger partial charge is 0.266 e. The van der Waals surface area contributed by atoms with Crippen LogP contribution in [0.2, 0.25) is 0 Å². The minimum absolute atomic E-state index is 0.0704. The summed E-state index contributed by atoms with van der Waals surface area (Å²) >= 11 is 3.50. The Kier molecular flexibility index (Phi) is 12.8. The third kappa shape index (κ3) is 8.85. The number of nitrogens with one attached hydrogen (secondary N) is 2. The van der Waals surface area contributed by atoms with Gasteiger partial charge in [0, 0.05) is 56.8 Å². The highest BCUT2D eigenvalue weighted by atomic mass is 79.9. The lowest BCUT2D eigenvalue weighted by Crippen LogP contribution is -2.44. The maximum Gasteiger partial charge on any atom is 0.266 e. The maximum absolute atomic E-state index is 13.8. The van der Waals surface area contributed by atoms with E-state index < -0.39 is 5.82 Å². The van der Waals surface area contributed by atoms with Crippen LogP contribution in [0, 0.1) is 5.82 Å². The summed E-state index contributed by atoms with van der Waals surface area (Å²) in [6.07, 6.45) is 0. The van der Waals surface area contributed by atoms with E-state index in [0.717, 1.165) is 73.9 Å². The van der Waals surface area contributed by atoms with Gasteiger partial charge in [0.1, 0.15) is 29.0 Å². The molecular weight excluding hydrogens is 779 g/mol. The van der Waals surface area contributed by atoms with Gasteiger partial charge in [-0.2, -0.15) is 0 Å². The number of hydrogen-bond donors (Lipinski definition) is 2. The quantitative estimate of drug-likeness (QED) is 0.189. The van der Waals surface area contributed by atoms with E-state index in [-0.39, 0.29) is 16.5 Å². The summed E-state index contributed by atoms with van der Waals surface area (Å²) in [7, 11) is 0. The summed E-state index contributed by atoms with van der Waals surface area (Å²) in [6, 6.07) is 24.8. The number of rotatable bonds is 10. The zero-order chi connectivity index (χ0) is 39.0. The van der Waals surface area contributed by atoms with E-state index in [1.165, 1.54) is 12.1 Å². The molecule has 12 nitrogen and oxygen atoms in total. The average Bonchev–Trinajstić information content (AvgIpc) is 3.21. The second-order valence-electron chi connectivity index (χ2n) is 13.5. The van der Waals surface area contributed by atoms with Gasteiger partial charge in [0.05, 0.1) is 59.5 Å². The van der Waals surface area contributed by atoms with Gasteiger partial charge in [-0.15, -0.1) is 0 Å². The van der Waals surface area contributed by atoms with Crippen LogP contribution in [-0.4, -0.2) is 94.5 Å². The normalized spacial score (nSPS) is 15.1. The SMILES string of the molecule is CCOc1cc(Br)ccc1-n1c(CN2CCNCC2)nc2ccccc2c1=O.CCOc1ccccc1-n1c(CN2CCNCC2)nc2ccc(F)cc2c1=O. The number of aromatic nitrogens is 4. The fourth-order valence-electron chi connectivity index (χ4n) is 7.09. The van der Waals surface area contributed by atoms with Gasteiger partial charge in [-0.3, -0.25) is 28.5 Å². The Morgan fingerprint density at radius 1 is 0.643 bits per heavy atom. The van der Waals surface area contributed by atoms with Gasteiger partial charge < -0.3 is 20.1 Å². The van der Waals surface area contributed by atoms with Gasteiger partial charge in [-0.1, -0.05) is 40.2 Å². The molecule has 6 aromatic rings. The minimum Gasteiger partial charge on any atom is -0.492 e. The lowest BCUT2D eigenvalue weighted by atomic mass is 10.2. The molecule has 2 N–H and O–H groups in total. The van der Waals surface area contributed by atoms with Crippen LogP contribution in [0.4, 0.5) is 4.39 Å². The van der Waals surface area contributed by atoms with E-state index in [4.69, 9.17) is 19.4 Å². The first-order chi connectivity index (χ1) is 27.3. The highest BCUT2D eigenvalue weighted by molar-refractivity contribution is 9.10. The van der Waals surface area contributed by atoms with Gasteiger partial charge >= 0.3 is 0 Å². The van der Waals surface area contributed by atoms with Crippen molar-refractivity contribution in [3.05, 3.63) is 128 Å². The Bertz CT molecular complexity index is 2430. The van der Waals surface area contributed by atoms with Crippen LogP contribution in [0.5, 0.6) is 11.5 Å². The summed E-state index contributed by atoms with van der Waals surface area (Å²) in [5.41, 5.74) is 2.21. The van der Waals surface area contributed by atoms with Crippen LogP contribution in [0.1, 0.15) is 25.5 Å². The molecule has 4 heterocycles. The first kappa shape index (κ1) is 39.3. The second kappa shape index (κ2) is 18.3. The van der Waals surface area contributed by atoms with Gasteiger partial charge in [0.15, 0.2) is 0 Å². The van der Waals surface area contributed by atoms with E-state index in [9.17, 15) is 14.0 Å². The fraction of sp³-hybridized carbons (Fsp3) is 0.333. The van der Waals surface area contributed by atoms with Crippen LogP contribution in [0.3, 0.4) is 0 Å². The monoisotopic (exact) mass is 824 g/mol. The van der Waals surface area contributed by atoms with Crippen molar-refractivity contribution in [2.45, 2.75) is 26.9 Å². The Morgan fingerprint density at radius 2 is 1.18 bits per heavy atom. The van der Waals surface area contributed by atoms with E-state index >= 15 is 0 Å². The average molecular weight is 826 g/mol. The zero-order valence-electron chi connectivity index (χ0n) is 31.6. The van der Waals surface area contributed by atoms with Crippen LogP contribution in [0.25, 0.3) is 33.2 Å². The first-order valence-corrected chi connectivity index (χ1v) is 19.9. The van der Waals surface area contributed by atoms with Gasteiger partial charge in [-0.05, 0) is 74.5 Å². The lowest BCUT2D eigenvalue weighted by Gasteiger charge is -2.28. The molecule has 0 amide bonds. The standard InChI is InChI=1S/C21H23BrN4O2.C21H23FN4O2/c1-2-28-19-13-15(22)7-8-18(19)26-20(14-25-11-9-23-10-12-25)24-17-6-4-3-5-16(17)21(26)27;1-2-28-19-6-4-3-5-18(19)26-20(14-25-11-9-23-10-12-25)24-17-8-7-15(22)13-16(17)21(26)27/h2*3-8,13,23H,2,9-12,14H2,1H3. The van der Waals surface area contributed by atoms with Crippen LogP contribution >= 0.6 is 15.9 Å². The van der Waals surface area contributed by atoms with E-state index in [1.807, 2.05) is 80.6 Å². The molecule has 2 aromatic heterocycles. The molecule has 2 aliphatic rings. The van der Waals surface area contributed by atoms with E-state index in [2.05, 4.69) is 36.4 Å². The number of piperazine rings is 2. The Labute approximate surface area is 333 Å². The number of fused-ring (bicyclic) bond motifs is 2. The highest BCUT2D eigenvalue weighted by Gasteiger charge is 2.21. The largest absolute Gasteiger partial charge is 0.492 e. The van der Waals surface area contributed by atoms with Gasteiger partial charge in [-0.25, -0.2) is 14.4 Å². The predicted molar refractivity (Wildman–Crippen MR) is 221 cm³/mol. The fourth-order valence-corrected chi connectivity index (χ4v) is 7.43. The molecule has 0 radical (unpaired) electrons. The summed E-state index contributed by atoms with van der Waals surface area (Å²) in [5.74, 6) is 2.17. The Hall–Kier alpha value is -4.99.